The van der Waals surface area contributed by atoms with Gasteiger partial charge in [0.2, 0.25) is 0 Å². The first-order chi connectivity index (χ1) is 16.3. The number of hydrogen-bond donors (Lipinski definition) is 1. The molecular weight excluding hydrogens is 451 g/mol. The number of ether oxygens (including phenoxy) is 3. The van der Waals surface area contributed by atoms with E-state index in [2.05, 4.69) is 4.90 Å². The Morgan fingerprint density at radius 2 is 1.89 bits per heavy atom. The summed E-state index contributed by atoms with van der Waals surface area (Å²) in [5.41, 5.74) is -0.615. The maximum atomic E-state index is 14.1. The van der Waals surface area contributed by atoms with Crippen LogP contribution in [0.15, 0.2) is 18.2 Å². The maximum absolute atomic E-state index is 14.1. The molecular formula is C27H41FN2O5. The van der Waals surface area contributed by atoms with Gasteiger partial charge in [-0.25, -0.2) is 9.18 Å². The molecule has 1 aromatic carbocycles. The van der Waals surface area contributed by atoms with E-state index in [4.69, 9.17) is 14.2 Å². The Labute approximate surface area is 208 Å². The van der Waals surface area contributed by atoms with Crippen molar-refractivity contribution in [3.05, 3.63) is 29.6 Å². The maximum Gasteiger partial charge on any atom is 0.410 e. The van der Waals surface area contributed by atoms with Crippen molar-refractivity contribution in [1.82, 2.24) is 9.80 Å². The minimum atomic E-state index is -0.795. The predicted octanol–water partition coefficient (Wildman–Crippen LogP) is 4.32. The second-order valence-corrected chi connectivity index (χ2v) is 12.1. The summed E-state index contributed by atoms with van der Waals surface area (Å²) in [5.74, 6) is 0.707. The van der Waals surface area contributed by atoms with Crippen molar-refractivity contribution in [2.24, 2.45) is 0 Å². The number of hydrogen-bond acceptors (Lipinski definition) is 6. The number of carbonyl (C=O) groups is 1. The first kappa shape index (κ1) is 26.2. The fourth-order valence-electron chi connectivity index (χ4n) is 5.34. The van der Waals surface area contributed by atoms with Gasteiger partial charge in [0.1, 0.15) is 22.8 Å². The van der Waals surface area contributed by atoms with Gasteiger partial charge in [0.15, 0.2) is 0 Å². The van der Waals surface area contributed by atoms with Crippen molar-refractivity contribution in [3.63, 3.8) is 0 Å². The molecule has 1 aromatic rings. The number of halogens is 1. The van der Waals surface area contributed by atoms with Gasteiger partial charge in [-0.2, -0.15) is 0 Å². The topological polar surface area (TPSA) is 71.5 Å². The molecule has 0 unspecified atom stereocenters. The summed E-state index contributed by atoms with van der Waals surface area (Å²) in [5, 5.41) is 9.95. The lowest BCUT2D eigenvalue weighted by atomic mass is 9.86. The van der Waals surface area contributed by atoms with Gasteiger partial charge in [-0.3, -0.25) is 4.90 Å². The summed E-state index contributed by atoms with van der Waals surface area (Å²) in [4.78, 5) is 16.5. The first-order valence-corrected chi connectivity index (χ1v) is 12.8. The molecule has 1 spiro atoms. The molecule has 3 aliphatic rings. The van der Waals surface area contributed by atoms with Gasteiger partial charge in [-0.05, 0) is 91.1 Å². The molecule has 196 valence electrons. The van der Waals surface area contributed by atoms with E-state index in [0.717, 1.165) is 37.9 Å². The van der Waals surface area contributed by atoms with Gasteiger partial charge in [0.25, 0.3) is 0 Å². The van der Waals surface area contributed by atoms with Crippen LogP contribution in [0.1, 0.15) is 71.8 Å². The Balaban J connectivity index is 1.28. The van der Waals surface area contributed by atoms with Gasteiger partial charge in [-0.1, -0.05) is 0 Å². The molecule has 3 fully saturated rings. The molecule has 0 saturated carbocycles. The number of amides is 1. The molecule has 4 rings (SSSR count). The fraction of sp³-hybridized carbons (Fsp3) is 0.741. The zero-order valence-electron chi connectivity index (χ0n) is 21.8. The molecule has 0 aliphatic carbocycles. The largest absolute Gasteiger partial charge is 0.493 e. The van der Waals surface area contributed by atoms with Crippen LogP contribution in [0.5, 0.6) is 5.75 Å². The predicted molar refractivity (Wildman–Crippen MR) is 131 cm³/mol. The lowest BCUT2D eigenvalue weighted by molar-refractivity contribution is -0.109. The number of aliphatic hydroxyl groups is 1. The Kier molecular flexibility index (Phi) is 7.38. The van der Waals surface area contributed by atoms with Crippen molar-refractivity contribution in [3.8, 4) is 5.75 Å². The Hall–Kier alpha value is -1.90. The van der Waals surface area contributed by atoms with Gasteiger partial charge in [-0.15, -0.1) is 0 Å². The SMILES string of the molecule is CC(C)(O)CCOc1ccc(F)cc1C1CCN([C@@H]2COC3(C2)CN(C(=O)OC(C)(C)C)C3)CC1. The minimum Gasteiger partial charge on any atom is -0.493 e. The van der Waals surface area contributed by atoms with Gasteiger partial charge < -0.3 is 24.2 Å². The lowest BCUT2D eigenvalue weighted by Gasteiger charge is -2.47. The van der Waals surface area contributed by atoms with E-state index in [1.54, 1.807) is 30.9 Å². The molecule has 3 aliphatic heterocycles. The van der Waals surface area contributed by atoms with Crippen molar-refractivity contribution >= 4 is 6.09 Å². The normalized spacial score (nSPS) is 23.4. The summed E-state index contributed by atoms with van der Waals surface area (Å²) in [6.45, 7) is 13.2. The van der Waals surface area contributed by atoms with Gasteiger partial charge in [0.05, 0.1) is 31.9 Å². The average molecular weight is 493 g/mol. The molecule has 1 N–H and O–H groups in total. The first-order valence-electron chi connectivity index (χ1n) is 12.8. The molecule has 7 nitrogen and oxygen atoms in total. The Bertz CT molecular complexity index is 896. The number of benzene rings is 1. The molecule has 3 saturated heterocycles. The van der Waals surface area contributed by atoms with Crippen LogP contribution in [0.4, 0.5) is 9.18 Å². The number of likely N-dealkylation sites (tertiary alicyclic amines) is 2. The van der Waals surface area contributed by atoms with Crippen molar-refractivity contribution < 1.29 is 28.5 Å². The molecule has 8 heteroatoms. The summed E-state index contributed by atoms with van der Waals surface area (Å²) >= 11 is 0. The van der Waals surface area contributed by atoms with E-state index in [9.17, 15) is 14.3 Å². The molecule has 1 atom stereocenters. The Morgan fingerprint density at radius 3 is 2.51 bits per heavy atom. The van der Waals surface area contributed by atoms with E-state index in [0.29, 0.717) is 44.5 Å². The molecule has 0 radical (unpaired) electrons. The van der Waals surface area contributed by atoms with Crippen LogP contribution >= 0.6 is 0 Å². The molecule has 0 aromatic heterocycles. The quantitative estimate of drug-likeness (QED) is 0.638. The highest BCUT2D eigenvalue weighted by atomic mass is 19.1. The van der Waals surface area contributed by atoms with E-state index >= 15 is 0 Å². The Morgan fingerprint density at radius 1 is 1.20 bits per heavy atom. The number of rotatable bonds is 6. The summed E-state index contributed by atoms with van der Waals surface area (Å²) < 4.78 is 31.7. The molecule has 3 heterocycles. The average Bonchev–Trinajstić information content (AvgIpc) is 3.18. The van der Waals surface area contributed by atoms with E-state index in [1.807, 2.05) is 20.8 Å². The number of piperidine rings is 1. The summed E-state index contributed by atoms with van der Waals surface area (Å²) in [6.07, 6.45) is 3.02. The highest BCUT2D eigenvalue weighted by Gasteiger charge is 2.53. The molecule has 35 heavy (non-hydrogen) atoms. The zero-order valence-corrected chi connectivity index (χ0v) is 21.8. The summed E-state index contributed by atoms with van der Waals surface area (Å²) in [7, 11) is 0. The van der Waals surface area contributed by atoms with Gasteiger partial charge >= 0.3 is 6.09 Å². The third kappa shape index (κ3) is 6.66. The highest BCUT2D eigenvalue weighted by molar-refractivity contribution is 5.69. The standard InChI is InChI=1S/C27H41FN2O5/c1-25(2,3)35-24(31)30-17-27(18-30)15-21(16-34-27)29-11-8-19(9-12-29)22-14-20(28)6-7-23(22)33-13-10-26(4,5)32/h6-7,14,19,21,32H,8-13,15-18H2,1-5H3/t21-/m0/s1. The van der Waals surface area contributed by atoms with Crippen LogP contribution in [-0.4, -0.2) is 83.2 Å². The highest BCUT2D eigenvalue weighted by Crippen LogP contribution is 2.40. The number of nitrogens with zero attached hydrogens (tertiary/aromatic N) is 2. The van der Waals surface area contributed by atoms with E-state index < -0.39 is 11.2 Å². The van der Waals surface area contributed by atoms with Crippen LogP contribution in [-0.2, 0) is 9.47 Å². The summed E-state index contributed by atoms with van der Waals surface area (Å²) in [6, 6.07) is 5.09. The van der Waals surface area contributed by atoms with Crippen LogP contribution in [0, 0.1) is 5.82 Å². The van der Waals surface area contributed by atoms with E-state index in [-0.39, 0.29) is 23.4 Å². The van der Waals surface area contributed by atoms with Crippen molar-refractivity contribution in [2.75, 3.05) is 39.4 Å². The van der Waals surface area contributed by atoms with Crippen LogP contribution in [0.3, 0.4) is 0 Å². The fourth-order valence-corrected chi connectivity index (χ4v) is 5.34. The monoisotopic (exact) mass is 492 g/mol. The van der Waals surface area contributed by atoms with E-state index in [1.165, 1.54) is 6.07 Å². The molecule has 0 bridgehead atoms. The third-order valence-electron chi connectivity index (χ3n) is 7.23. The van der Waals surface area contributed by atoms with Crippen molar-refractivity contribution in [2.45, 2.75) is 89.1 Å². The van der Waals surface area contributed by atoms with Gasteiger partial charge in [0, 0.05) is 18.0 Å². The zero-order chi connectivity index (χ0) is 25.4. The minimum absolute atomic E-state index is 0.238. The second-order valence-electron chi connectivity index (χ2n) is 12.1. The smallest absolute Gasteiger partial charge is 0.410 e. The van der Waals surface area contributed by atoms with Crippen LogP contribution in [0.2, 0.25) is 0 Å². The van der Waals surface area contributed by atoms with Crippen LogP contribution < -0.4 is 4.74 Å². The van der Waals surface area contributed by atoms with Crippen molar-refractivity contribution in [1.29, 1.82) is 0 Å². The van der Waals surface area contributed by atoms with Crippen LogP contribution in [0.25, 0.3) is 0 Å². The molecule has 1 amide bonds. The third-order valence-corrected chi connectivity index (χ3v) is 7.23. The lowest BCUT2D eigenvalue weighted by Crippen LogP contribution is -2.64. The second kappa shape index (κ2) is 9.87. The number of carbonyl (C=O) groups excluding carboxylic acids is 1.